The Morgan fingerprint density at radius 2 is 1.74 bits per heavy atom. The first-order valence-electron chi connectivity index (χ1n) is 11.1. The van der Waals surface area contributed by atoms with E-state index in [-0.39, 0.29) is 11.7 Å². The number of hydrogen-bond donors (Lipinski definition) is 2. The van der Waals surface area contributed by atoms with E-state index in [4.69, 9.17) is 21.1 Å². The Kier molecular flexibility index (Phi) is 7.81. The standard InChI is InChI=1S/C25H17ClFN5O.CH4O3S/c1-15-13-17(6-9-20(15)27)23-24(32-22(31-23)3-2-11-29-32)18-10-12-28-21(14-18)30-25(33)16-4-7-19(26)8-5-16;1-5(2,3)4/h2-14H,1H3,(H,28,30,33);1H3,(H,2,3,4). The molecule has 0 aliphatic rings. The van der Waals surface area contributed by atoms with E-state index in [0.717, 1.165) is 11.1 Å². The minimum Gasteiger partial charge on any atom is -0.307 e. The second-order valence-corrected chi connectivity index (χ2v) is 10.1. The van der Waals surface area contributed by atoms with Gasteiger partial charge in [0, 0.05) is 34.1 Å². The van der Waals surface area contributed by atoms with Crippen molar-refractivity contribution in [2.24, 2.45) is 0 Å². The van der Waals surface area contributed by atoms with E-state index in [1.165, 1.54) is 6.07 Å². The van der Waals surface area contributed by atoms with E-state index in [2.05, 4.69) is 15.4 Å². The predicted molar refractivity (Wildman–Crippen MR) is 143 cm³/mol. The topological polar surface area (TPSA) is 127 Å². The highest BCUT2D eigenvalue weighted by Gasteiger charge is 2.18. The van der Waals surface area contributed by atoms with Gasteiger partial charge in [0.15, 0.2) is 5.65 Å². The molecule has 0 aliphatic heterocycles. The lowest BCUT2D eigenvalue weighted by Gasteiger charge is -2.09. The number of carbonyl (C=O) groups is 1. The van der Waals surface area contributed by atoms with Crippen LogP contribution in [-0.4, -0.2) is 44.7 Å². The van der Waals surface area contributed by atoms with Gasteiger partial charge in [-0.3, -0.25) is 9.35 Å². The first-order chi connectivity index (χ1) is 18.0. The number of amides is 1. The number of aryl methyl sites for hydroxylation is 1. The number of anilines is 1. The molecule has 3 aromatic heterocycles. The Balaban J connectivity index is 0.000000617. The molecule has 0 bridgehead atoms. The molecular formula is C26H21ClFN5O4S. The lowest BCUT2D eigenvalue weighted by molar-refractivity contribution is 0.102. The Hall–Kier alpha value is -4.19. The number of nitrogens with one attached hydrogen (secondary N) is 1. The fourth-order valence-electron chi connectivity index (χ4n) is 3.58. The number of halogens is 2. The van der Waals surface area contributed by atoms with Gasteiger partial charge in [0.05, 0.1) is 11.9 Å². The number of hydrogen-bond acceptors (Lipinski definition) is 6. The summed E-state index contributed by atoms with van der Waals surface area (Å²) >= 11 is 5.91. The zero-order valence-corrected chi connectivity index (χ0v) is 21.7. The molecular weight excluding hydrogens is 533 g/mol. The fraction of sp³-hybridized carbons (Fsp3) is 0.0769. The van der Waals surface area contributed by atoms with Gasteiger partial charge in [-0.25, -0.2) is 18.9 Å². The van der Waals surface area contributed by atoms with Crippen LogP contribution in [0.15, 0.2) is 79.1 Å². The molecule has 2 aromatic carbocycles. The molecule has 12 heteroatoms. The lowest BCUT2D eigenvalue weighted by Crippen LogP contribution is -2.12. The molecule has 0 spiro atoms. The van der Waals surface area contributed by atoms with Gasteiger partial charge in [0.2, 0.25) is 0 Å². The second kappa shape index (κ2) is 11.1. The van der Waals surface area contributed by atoms with Crippen LogP contribution in [0.4, 0.5) is 10.2 Å². The number of rotatable bonds is 4. The summed E-state index contributed by atoms with van der Waals surface area (Å²) in [6, 6.07) is 18.7. The summed E-state index contributed by atoms with van der Waals surface area (Å²) in [4.78, 5) is 21.7. The normalized spacial score (nSPS) is 11.1. The summed E-state index contributed by atoms with van der Waals surface area (Å²) < 4.78 is 41.5. The van der Waals surface area contributed by atoms with Crippen LogP contribution in [0.5, 0.6) is 0 Å². The van der Waals surface area contributed by atoms with E-state index in [0.29, 0.717) is 45.3 Å². The number of pyridine rings is 1. The van der Waals surface area contributed by atoms with Crippen molar-refractivity contribution >= 4 is 39.1 Å². The predicted octanol–water partition coefficient (Wildman–Crippen LogP) is 5.32. The third-order valence-corrected chi connectivity index (χ3v) is 5.46. The minimum absolute atomic E-state index is 0.279. The van der Waals surface area contributed by atoms with Crippen LogP contribution in [-0.2, 0) is 10.1 Å². The van der Waals surface area contributed by atoms with Crippen molar-refractivity contribution in [3.63, 3.8) is 0 Å². The average Bonchev–Trinajstić information content (AvgIpc) is 3.25. The number of nitrogens with zero attached hydrogens (tertiary/aromatic N) is 4. The van der Waals surface area contributed by atoms with Crippen molar-refractivity contribution in [3.05, 3.63) is 101 Å². The number of imidazole rings is 1. The summed E-state index contributed by atoms with van der Waals surface area (Å²) in [5.41, 5.74) is 4.50. The van der Waals surface area contributed by atoms with Gasteiger partial charge in [0.1, 0.15) is 17.3 Å². The molecule has 38 heavy (non-hydrogen) atoms. The maximum absolute atomic E-state index is 13.9. The smallest absolute Gasteiger partial charge is 0.261 e. The average molecular weight is 554 g/mol. The molecule has 1 amide bonds. The van der Waals surface area contributed by atoms with E-state index in [1.807, 2.05) is 12.1 Å². The Labute approximate surface area is 222 Å². The molecule has 5 rings (SSSR count). The molecule has 0 unspecified atom stereocenters. The molecule has 0 saturated carbocycles. The first kappa shape index (κ1) is 26.9. The fourth-order valence-corrected chi connectivity index (χ4v) is 3.70. The Morgan fingerprint density at radius 3 is 2.42 bits per heavy atom. The van der Waals surface area contributed by atoms with Gasteiger partial charge in [0.25, 0.3) is 16.0 Å². The Morgan fingerprint density at radius 1 is 1.03 bits per heavy atom. The van der Waals surface area contributed by atoms with E-state index in [1.54, 1.807) is 72.4 Å². The van der Waals surface area contributed by atoms with Crippen LogP contribution < -0.4 is 5.32 Å². The zero-order chi connectivity index (χ0) is 27.4. The molecule has 0 saturated heterocycles. The molecule has 0 atom stereocenters. The van der Waals surface area contributed by atoms with Gasteiger partial charge in [-0.15, -0.1) is 0 Å². The molecule has 0 fully saturated rings. The molecule has 5 aromatic rings. The minimum atomic E-state index is -3.67. The van der Waals surface area contributed by atoms with Crippen molar-refractivity contribution in [2.45, 2.75) is 6.92 Å². The number of benzene rings is 2. The van der Waals surface area contributed by atoms with Crippen molar-refractivity contribution < 1.29 is 22.2 Å². The second-order valence-electron chi connectivity index (χ2n) is 8.19. The van der Waals surface area contributed by atoms with Crippen molar-refractivity contribution in [3.8, 4) is 22.5 Å². The summed E-state index contributed by atoms with van der Waals surface area (Å²) in [5.74, 6) is -0.208. The Bertz CT molecular complexity index is 1730. The summed E-state index contributed by atoms with van der Waals surface area (Å²) in [5, 5.41) is 7.81. The van der Waals surface area contributed by atoms with E-state index in [9.17, 15) is 17.6 Å². The highest BCUT2D eigenvalue weighted by Crippen LogP contribution is 2.33. The molecule has 2 N–H and O–H groups in total. The van der Waals surface area contributed by atoms with Gasteiger partial charge < -0.3 is 5.32 Å². The van der Waals surface area contributed by atoms with Gasteiger partial charge >= 0.3 is 0 Å². The summed E-state index contributed by atoms with van der Waals surface area (Å²) in [6.45, 7) is 1.71. The maximum Gasteiger partial charge on any atom is 0.261 e. The summed E-state index contributed by atoms with van der Waals surface area (Å²) in [6.07, 6.45) is 3.99. The third kappa shape index (κ3) is 6.57. The maximum atomic E-state index is 13.9. The highest BCUT2D eigenvalue weighted by atomic mass is 35.5. The monoisotopic (exact) mass is 553 g/mol. The van der Waals surface area contributed by atoms with Crippen molar-refractivity contribution in [2.75, 3.05) is 11.6 Å². The van der Waals surface area contributed by atoms with Crippen molar-refractivity contribution in [1.82, 2.24) is 19.6 Å². The first-order valence-corrected chi connectivity index (χ1v) is 13.3. The number of aromatic nitrogens is 4. The van der Waals surface area contributed by atoms with Crippen molar-refractivity contribution in [1.29, 1.82) is 0 Å². The number of fused-ring (bicyclic) bond motifs is 1. The summed E-state index contributed by atoms with van der Waals surface area (Å²) in [7, 11) is -3.67. The van der Waals surface area contributed by atoms with Crippen LogP contribution >= 0.6 is 11.6 Å². The molecule has 194 valence electrons. The van der Waals surface area contributed by atoms with Gasteiger partial charge in [-0.05, 0) is 79.2 Å². The largest absolute Gasteiger partial charge is 0.307 e. The number of carbonyl (C=O) groups excluding carboxylic acids is 1. The highest BCUT2D eigenvalue weighted by molar-refractivity contribution is 7.85. The SMILES string of the molecule is CS(=O)(=O)O.Cc1cc(-c2nc3cccnn3c2-c2ccnc(NC(=O)c3ccc(Cl)cc3)c2)ccc1F. The molecule has 0 aliphatic carbocycles. The third-order valence-electron chi connectivity index (χ3n) is 5.21. The quantitative estimate of drug-likeness (QED) is 0.288. The van der Waals surface area contributed by atoms with Gasteiger partial charge in [-0.1, -0.05) is 11.6 Å². The van der Waals surface area contributed by atoms with Crippen LogP contribution in [0.2, 0.25) is 5.02 Å². The lowest BCUT2D eigenvalue weighted by atomic mass is 10.0. The van der Waals surface area contributed by atoms with Crippen LogP contribution in [0.3, 0.4) is 0 Å². The van der Waals surface area contributed by atoms with Crippen LogP contribution in [0.1, 0.15) is 15.9 Å². The molecule has 0 radical (unpaired) electrons. The van der Waals surface area contributed by atoms with E-state index >= 15 is 0 Å². The molecule has 9 nitrogen and oxygen atoms in total. The van der Waals surface area contributed by atoms with Crippen LogP contribution in [0, 0.1) is 12.7 Å². The van der Waals surface area contributed by atoms with E-state index < -0.39 is 10.1 Å². The van der Waals surface area contributed by atoms with Gasteiger partial charge in [-0.2, -0.15) is 13.5 Å². The zero-order valence-electron chi connectivity index (χ0n) is 20.1. The van der Waals surface area contributed by atoms with Crippen LogP contribution in [0.25, 0.3) is 28.2 Å². The molecule has 3 heterocycles.